The molecule has 1 N–H and O–H groups in total. The largest absolute Gasteiger partial charge is 0.465 e. The van der Waals surface area contributed by atoms with Gasteiger partial charge in [-0.15, -0.1) is 11.8 Å². The number of fused-ring (bicyclic) bond motifs is 2. The van der Waals surface area contributed by atoms with Gasteiger partial charge < -0.3 is 19.6 Å². The second-order valence-electron chi connectivity index (χ2n) is 11.5. The van der Waals surface area contributed by atoms with Crippen molar-refractivity contribution in [1.29, 1.82) is 0 Å². The number of hydrogen-bond donors (Lipinski definition) is 1. The molecule has 1 spiro atoms. The van der Waals surface area contributed by atoms with Crippen LogP contribution in [0.1, 0.15) is 52.0 Å². The standard InChI is InChI=1S/C31H40N2O5S/c1-4-12-21(2)32-17-11-16-31-24(25-29(37)38-18-10-6-9-15-30(25,3)39-31)27(35)33(26(31)28(32)36)23(20-34)19-22-13-7-5-8-14-22/h5,7-9,11,13-16,21,23-26,34H,4,6,10,12,17-20H2,1-3H3/b15-9-/t21?,23-,24+,25-,26?,30+,31+/m1/s1. The number of esters is 1. The van der Waals surface area contributed by atoms with Crippen molar-refractivity contribution in [3.05, 3.63) is 60.2 Å². The molecule has 2 fully saturated rings. The number of amides is 2. The second-order valence-corrected chi connectivity index (χ2v) is 13.3. The van der Waals surface area contributed by atoms with E-state index in [1.807, 2.05) is 54.3 Å². The Hall–Kier alpha value is -2.58. The smallest absolute Gasteiger partial charge is 0.311 e. The van der Waals surface area contributed by atoms with E-state index in [0.29, 0.717) is 19.6 Å². The summed E-state index contributed by atoms with van der Waals surface area (Å²) in [5, 5.41) is 10.6. The normalized spacial score (nSPS) is 34.7. The fourth-order valence-electron chi connectivity index (χ4n) is 7.09. The lowest BCUT2D eigenvalue weighted by Crippen LogP contribution is -2.58. The Kier molecular flexibility index (Phi) is 7.98. The average molecular weight is 553 g/mol. The van der Waals surface area contributed by atoms with E-state index in [4.69, 9.17) is 4.74 Å². The molecule has 7 atom stereocenters. The first-order valence-corrected chi connectivity index (χ1v) is 15.1. The molecule has 0 bridgehead atoms. The van der Waals surface area contributed by atoms with Gasteiger partial charge in [0.1, 0.15) is 6.04 Å². The molecule has 5 rings (SSSR count). The Bertz CT molecular complexity index is 1150. The number of aliphatic hydroxyl groups excluding tert-OH is 1. The van der Waals surface area contributed by atoms with Crippen LogP contribution in [0.5, 0.6) is 0 Å². The molecule has 0 aliphatic carbocycles. The molecular weight excluding hydrogens is 512 g/mol. The van der Waals surface area contributed by atoms with Gasteiger partial charge in [-0.05, 0) is 45.1 Å². The molecular formula is C31H40N2O5S. The molecule has 210 valence electrons. The van der Waals surface area contributed by atoms with Gasteiger partial charge in [0.05, 0.1) is 35.8 Å². The number of aliphatic hydroxyl groups is 1. The summed E-state index contributed by atoms with van der Waals surface area (Å²) in [6.45, 7) is 6.65. The molecule has 1 aromatic carbocycles. The molecule has 1 aromatic rings. The highest BCUT2D eigenvalue weighted by Gasteiger charge is 2.74. The lowest BCUT2D eigenvalue weighted by molar-refractivity contribution is -0.154. The zero-order valence-corrected chi connectivity index (χ0v) is 23.9. The van der Waals surface area contributed by atoms with Crippen LogP contribution in [-0.2, 0) is 25.5 Å². The molecule has 2 amide bonds. The maximum absolute atomic E-state index is 14.6. The second kappa shape index (κ2) is 11.1. The van der Waals surface area contributed by atoms with Crippen LogP contribution >= 0.6 is 11.8 Å². The summed E-state index contributed by atoms with van der Waals surface area (Å²) in [4.78, 5) is 46.3. The van der Waals surface area contributed by atoms with Crippen molar-refractivity contribution in [2.24, 2.45) is 11.8 Å². The van der Waals surface area contributed by atoms with Gasteiger partial charge >= 0.3 is 5.97 Å². The highest BCUT2D eigenvalue weighted by atomic mass is 32.2. The van der Waals surface area contributed by atoms with Crippen molar-refractivity contribution >= 4 is 29.5 Å². The van der Waals surface area contributed by atoms with E-state index < -0.39 is 33.4 Å². The fraction of sp³-hybridized carbons (Fsp3) is 0.581. The van der Waals surface area contributed by atoms with E-state index in [1.54, 1.807) is 16.7 Å². The zero-order valence-electron chi connectivity index (χ0n) is 23.1. The van der Waals surface area contributed by atoms with Gasteiger partial charge in [0.2, 0.25) is 11.8 Å². The van der Waals surface area contributed by atoms with Crippen molar-refractivity contribution < 1.29 is 24.2 Å². The number of nitrogens with zero attached hydrogens (tertiary/aromatic N) is 2. The minimum absolute atomic E-state index is 0.00374. The summed E-state index contributed by atoms with van der Waals surface area (Å²) >= 11 is 1.55. The molecule has 2 saturated heterocycles. The van der Waals surface area contributed by atoms with Crippen LogP contribution < -0.4 is 0 Å². The summed E-state index contributed by atoms with van der Waals surface area (Å²) in [6, 6.07) is 8.31. The Morgan fingerprint density at radius 2 is 1.87 bits per heavy atom. The minimum Gasteiger partial charge on any atom is -0.465 e. The third-order valence-corrected chi connectivity index (χ3v) is 10.7. The predicted octanol–water partition coefficient (Wildman–Crippen LogP) is 3.76. The monoisotopic (exact) mass is 552 g/mol. The van der Waals surface area contributed by atoms with Gasteiger partial charge in [-0.1, -0.05) is 68.0 Å². The Morgan fingerprint density at radius 3 is 2.59 bits per heavy atom. The van der Waals surface area contributed by atoms with Gasteiger partial charge in [0.15, 0.2) is 0 Å². The van der Waals surface area contributed by atoms with Gasteiger partial charge in [0, 0.05) is 17.3 Å². The fourth-order valence-corrected chi connectivity index (χ4v) is 9.23. The number of thioether (sulfide) groups is 1. The maximum atomic E-state index is 14.6. The van der Waals surface area contributed by atoms with Crippen LogP contribution in [0.4, 0.5) is 0 Å². The van der Waals surface area contributed by atoms with E-state index in [-0.39, 0.29) is 30.4 Å². The van der Waals surface area contributed by atoms with Gasteiger partial charge in [-0.25, -0.2) is 0 Å². The molecule has 2 unspecified atom stereocenters. The molecule has 0 radical (unpaired) electrons. The SMILES string of the molecule is CCCC(C)N1CC=C[C@]23S[C@@]4(C)/C=C\CCCOC(=O)[C@H]4[C@H]2C(=O)N([C@@H](CO)Cc2ccccc2)C3C1=O. The van der Waals surface area contributed by atoms with Gasteiger partial charge in [-0.3, -0.25) is 14.4 Å². The molecule has 0 saturated carbocycles. The van der Waals surface area contributed by atoms with Crippen LogP contribution in [0.2, 0.25) is 0 Å². The van der Waals surface area contributed by atoms with E-state index in [9.17, 15) is 19.5 Å². The number of ether oxygens (including phenoxy) is 1. The summed E-state index contributed by atoms with van der Waals surface area (Å²) in [7, 11) is 0. The number of benzene rings is 1. The first-order valence-electron chi connectivity index (χ1n) is 14.3. The summed E-state index contributed by atoms with van der Waals surface area (Å²) in [5.41, 5.74) is 0.977. The van der Waals surface area contributed by atoms with Gasteiger partial charge in [0.25, 0.3) is 0 Å². The first kappa shape index (κ1) is 28.0. The summed E-state index contributed by atoms with van der Waals surface area (Å²) in [6.07, 6.45) is 11.9. The highest BCUT2D eigenvalue weighted by molar-refractivity contribution is 8.02. The van der Waals surface area contributed by atoms with Crippen molar-refractivity contribution in [1.82, 2.24) is 9.80 Å². The van der Waals surface area contributed by atoms with Crippen LogP contribution in [0.3, 0.4) is 0 Å². The number of carbonyl (C=O) groups excluding carboxylic acids is 3. The number of likely N-dealkylation sites (tertiary alicyclic amines) is 1. The molecule has 4 aliphatic heterocycles. The quantitative estimate of drug-likeness (QED) is 0.410. The predicted molar refractivity (Wildman–Crippen MR) is 152 cm³/mol. The lowest BCUT2D eigenvalue weighted by atomic mass is 9.74. The summed E-state index contributed by atoms with van der Waals surface area (Å²) < 4.78 is 4.07. The van der Waals surface area contributed by atoms with Crippen LogP contribution in [-0.4, -0.2) is 80.1 Å². The third kappa shape index (κ3) is 4.73. The number of rotatable bonds is 7. The first-order chi connectivity index (χ1) is 18.8. The number of hydrogen-bond acceptors (Lipinski definition) is 6. The van der Waals surface area contributed by atoms with Gasteiger partial charge in [-0.2, -0.15) is 0 Å². The van der Waals surface area contributed by atoms with E-state index in [1.165, 1.54) is 0 Å². The topological polar surface area (TPSA) is 87.2 Å². The number of allylic oxidation sites excluding steroid dienone is 1. The van der Waals surface area contributed by atoms with E-state index in [0.717, 1.165) is 31.2 Å². The molecule has 4 heterocycles. The van der Waals surface area contributed by atoms with E-state index >= 15 is 0 Å². The number of carbonyl (C=O) groups is 3. The molecule has 7 nitrogen and oxygen atoms in total. The molecule has 4 aliphatic rings. The maximum Gasteiger partial charge on any atom is 0.311 e. The third-order valence-electron chi connectivity index (χ3n) is 8.88. The molecule has 39 heavy (non-hydrogen) atoms. The summed E-state index contributed by atoms with van der Waals surface area (Å²) in [5.74, 6) is -2.23. The van der Waals surface area contributed by atoms with Crippen molar-refractivity contribution in [2.75, 3.05) is 19.8 Å². The molecule has 0 aromatic heterocycles. The van der Waals surface area contributed by atoms with E-state index in [2.05, 4.69) is 26.0 Å². The Balaban J connectivity index is 1.64. The van der Waals surface area contributed by atoms with Crippen molar-refractivity contribution in [3.63, 3.8) is 0 Å². The number of cyclic esters (lactones) is 1. The highest BCUT2D eigenvalue weighted by Crippen LogP contribution is 2.65. The lowest BCUT2D eigenvalue weighted by Gasteiger charge is -2.41. The minimum atomic E-state index is -0.944. The van der Waals surface area contributed by atoms with Crippen LogP contribution in [0.15, 0.2) is 54.6 Å². The zero-order chi connectivity index (χ0) is 27.8. The Morgan fingerprint density at radius 1 is 1.10 bits per heavy atom. The van der Waals surface area contributed by atoms with Crippen molar-refractivity contribution in [2.45, 2.75) is 80.5 Å². The molecule has 8 heteroatoms. The van der Waals surface area contributed by atoms with Crippen LogP contribution in [0, 0.1) is 11.8 Å². The van der Waals surface area contributed by atoms with Crippen LogP contribution in [0.25, 0.3) is 0 Å². The average Bonchev–Trinajstić information content (AvgIpc) is 3.27. The Labute approximate surface area is 235 Å². The van der Waals surface area contributed by atoms with Crippen molar-refractivity contribution in [3.8, 4) is 0 Å².